The van der Waals surface area contributed by atoms with Crippen LogP contribution in [-0.2, 0) is 14.3 Å². The van der Waals surface area contributed by atoms with E-state index in [-0.39, 0.29) is 23.5 Å². The van der Waals surface area contributed by atoms with Crippen molar-refractivity contribution < 1.29 is 28.7 Å². The predicted octanol–water partition coefficient (Wildman–Crippen LogP) is 2.28. The number of ether oxygens (including phenoxy) is 3. The molecule has 0 saturated carbocycles. The van der Waals surface area contributed by atoms with E-state index < -0.39 is 22.7 Å². The molecule has 1 unspecified atom stereocenters. The van der Waals surface area contributed by atoms with E-state index in [1.165, 1.54) is 37.3 Å². The van der Waals surface area contributed by atoms with E-state index in [1.54, 1.807) is 6.92 Å². The van der Waals surface area contributed by atoms with Gasteiger partial charge in [-0.3, -0.25) is 19.7 Å². The van der Waals surface area contributed by atoms with Gasteiger partial charge in [-0.15, -0.1) is 0 Å². The van der Waals surface area contributed by atoms with Gasteiger partial charge in [0.05, 0.1) is 25.1 Å². The fourth-order valence-electron chi connectivity index (χ4n) is 2.53. The van der Waals surface area contributed by atoms with Crippen LogP contribution in [0.25, 0.3) is 0 Å². The van der Waals surface area contributed by atoms with Crippen LogP contribution in [0, 0.1) is 16.0 Å². The molecule has 1 aromatic carbocycles. The summed E-state index contributed by atoms with van der Waals surface area (Å²) in [6.07, 6.45) is 0.575. The molecular weight excluding hydrogens is 356 g/mol. The van der Waals surface area contributed by atoms with E-state index in [0.29, 0.717) is 26.2 Å². The molecule has 1 amide bonds. The van der Waals surface area contributed by atoms with Crippen molar-refractivity contribution >= 4 is 17.6 Å². The van der Waals surface area contributed by atoms with Crippen LogP contribution in [0.3, 0.4) is 0 Å². The number of carbonyl (C=O) groups is 2. The van der Waals surface area contributed by atoms with Crippen LogP contribution >= 0.6 is 0 Å². The third kappa shape index (κ3) is 6.52. The van der Waals surface area contributed by atoms with Gasteiger partial charge in [0.1, 0.15) is 0 Å². The average molecular weight is 382 g/mol. The van der Waals surface area contributed by atoms with Gasteiger partial charge in [-0.2, -0.15) is 0 Å². The monoisotopic (exact) mass is 382 g/mol. The van der Waals surface area contributed by atoms with E-state index in [1.807, 2.05) is 6.92 Å². The van der Waals surface area contributed by atoms with Gasteiger partial charge in [-0.1, -0.05) is 6.92 Å². The van der Waals surface area contributed by atoms with Gasteiger partial charge >= 0.3 is 11.7 Å². The number of methoxy groups -OCH3 is 2. The zero-order valence-electron chi connectivity index (χ0n) is 16.1. The smallest absolute Gasteiger partial charge is 0.311 e. The molecule has 0 heterocycles. The van der Waals surface area contributed by atoms with Gasteiger partial charge in [0.25, 0.3) is 5.91 Å². The number of nitrogens with zero attached hydrogens (tertiary/aromatic N) is 2. The summed E-state index contributed by atoms with van der Waals surface area (Å²) < 4.78 is 15.0. The highest BCUT2D eigenvalue weighted by Crippen LogP contribution is 2.28. The second kappa shape index (κ2) is 11.1. The minimum Gasteiger partial charge on any atom is -0.490 e. The first kappa shape index (κ1) is 22.4. The van der Waals surface area contributed by atoms with Crippen LogP contribution in [-0.4, -0.2) is 62.2 Å². The Kier molecular flexibility index (Phi) is 9.21. The quantitative estimate of drug-likeness (QED) is 0.250. The number of carbonyl (C=O) groups excluding carboxylic acids is 2. The summed E-state index contributed by atoms with van der Waals surface area (Å²) in [7, 11) is 2.61. The number of amides is 1. The molecule has 0 radical (unpaired) electrons. The summed E-state index contributed by atoms with van der Waals surface area (Å²) in [6, 6.07) is 4.03. The Hall–Kier alpha value is -2.68. The zero-order valence-corrected chi connectivity index (χ0v) is 16.1. The third-order valence-electron chi connectivity index (χ3n) is 3.93. The fraction of sp³-hybridized carbons (Fsp3) is 0.556. The summed E-state index contributed by atoms with van der Waals surface area (Å²) in [5.74, 6) is -1.30. The molecule has 0 aliphatic rings. The van der Waals surface area contributed by atoms with Crippen LogP contribution in [0.15, 0.2) is 18.2 Å². The Labute approximate surface area is 158 Å². The molecule has 0 fully saturated rings. The highest BCUT2D eigenvalue weighted by atomic mass is 16.6. The summed E-state index contributed by atoms with van der Waals surface area (Å²) in [5, 5.41) is 11.2. The molecule has 0 spiro atoms. The van der Waals surface area contributed by atoms with Crippen LogP contribution in [0.1, 0.15) is 30.6 Å². The van der Waals surface area contributed by atoms with Crippen LogP contribution in [0.4, 0.5) is 5.69 Å². The number of rotatable bonds is 11. The van der Waals surface area contributed by atoms with Gasteiger partial charge in [-0.05, 0) is 25.5 Å². The van der Waals surface area contributed by atoms with E-state index in [0.717, 1.165) is 0 Å². The number of nitro groups is 1. The third-order valence-corrected chi connectivity index (χ3v) is 3.93. The molecule has 0 N–H and O–H groups in total. The van der Waals surface area contributed by atoms with Gasteiger partial charge < -0.3 is 19.1 Å². The van der Waals surface area contributed by atoms with Crippen LogP contribution in [0.5, 0.6) is 5.75 Å². The molecular formula is C18H26N2O7. The minimum absolute atomic E-state index is 0.0716. The normalized spacial score (nSPS) is 11.6. The van der Waals surface area contributed by atoms with E-state index in [9.17, 15) is 19.7 Å². The van der Waals surface area contributed by atoms with Gasteiger partial charge in [-0.25, -0.2) is 0 Å². The number of nitro benzene ring substituents is 1. The lowest BCUT2D eigenvalue weighted by molar-refractivity contribution is -0.385. The van der Waals surface area contributed by atoms with Crippen LogP contribution in [0.2, 0.25) is 0 Å². The largest absolute Gasteiger partial charge is 0.490 e. The Bertz CT molecular complexity index is 663. The van der Waals surface area contributed by atoms with E-state index in [2.05, 4.69) is 0 Å². The number of hydrogen-bond acceptors (Lipinski definition) is 7. The van der Waals surface area contributed by atoms with Gasteiger partial charge in [0, 0.05) is 37.9 Å². The second-order valence-electron chi connectivity index (χ2n) is 5.87. The molecule has 0 aliphatic carbocycles. The Balaban J connectivity index is 3.04. The van der Waals surface area contributed by atoms with Crippen molar-refractivity contribution in [3.63, 3.8) is 0 Å². The molecule has 0 aromatic heterocycles. The number of esters is 1. The number of hydrogen-bond donors (Lipinski definition) is 0. The van der Waals surface area contributed by atoms with Crippen molar-refractivity contribution in [3.05, 3.63) is 33.9 Å². The van der Waals surface area contributed by atoms with Crippen molar-refractivity contribution in [2.75, 3.05) is 40.5 Å². The molecule has 1 rings (SSSR count). The fourth-order valence-corrected chi connectivity index (χ4v) is 2.53. The molecule has 0 bridgehead atoms. The lowest BCUT2D eigenvalue weighted by Crippen LogP contribution is -2.38. The Morgan fingerprint density at radius 1 is 1.30 bits per heavy atom. The predicted molar refractivity (Wildman–Crippen MR) is 97.8 cm³/mol. The average Bonchev–Trinajstić information content (AvgIpc) is 2.68. The highest BCUT2D eigenvalue weighted by Gasteiger charge is 2.25. The molecule has 1 atom stereocenters. The first-order valence-corrected chi connectivity index (χ1v) is 8.62. The van der Waals surface area contributed by atoms with Gasteiger partial charge in [0.2, 0.25) is 0 Å². The van der Waals surface area contributed by atoms with Crippen molar-refractivity contribution in [1.29, 1.82) is 0 Å². The molecule has 0 aliphatic heterocycles. The maximum absolute atomic E-state index is 12.9. The maximum Gasteiger partial charge on any atom is 0.311 e. The minimum atomic E-state index is -0.605. The second-order valence-corrected chi connectivity index (χ2v) is 5.87. The molecule has 9 nitrogen and oxygen atoms in total. The lowest BCUT2D eigenvalue weighted by atomic mass is 10.1. The summed E-state index contributed by atoms with van der Waals surface area (Å²) >= 11 is 0. The summed E-state index contributed by atoms with van der Waals surface area (Å²) in [5.41, 5.74) is -0.144. The summed E-state index contributed by atoms with van der Waals surface area (Å²) in [4.78, 5) is 36.7. The molecule has 0 saturated heterocycles. The Morgan fingerprint density at radius 3 is 2.56 bits per heavy atom. The SMILES string of the molecule is CCOCCCN(CC(C)C(=O)OC)C(=O)c1ccc(OC)c([N+](=O)[O-])c1. The lowest BCUT2D eigenvalue weighted by Gasteiger charge is -2.25. The molecule has 150 valence electrons. The van der Waals surface area contributed by atoms with E-state index in [4.69, 9.17) is 14.2 Å². The van der Waals surface area contributed by atoms with Crippen molar-refractivity contribution in [1.82, 2.24) is 4.90 Å². The van der Waals surface area contributed by atoms with Crippen molar-refractivity contribution in [2.45, 2.75) is 20.3 Å². The topological polar surface area (TPSA) is 108 Å². The molecule has 27 heavy (non-hydrogen) atoms. The first-order chi connectivity index (χ1) is 12.8. The standard InChI is InChI=1S/C18H26N2O7/c1-5-27-10-6-9-19(12-13(2)18(22)26-4)17(21)14-7-8-16(25-3)15(11-14)20(23)24/h7-8,11,13H,5-6,9-10,12H2,1-4H3. The number of benzene rings is 1. The van der Waals surface area contributed by atoms with Crippen LogP contribution < -0.4 is 4.74 Å². The van der Waals surface area contributed by atoms with Gasteiger partial charge in [0.15, 0.2) is 5.75 Å². The molecule has 9 heteroatoms. The Morgan fingerprint density at radius 2 is 2.00 bits per heavy atom. The van der Waals surface area contributed by atoms with Crippen molar-refractivity contribution in [3.8, 4) is 5.75 Å². The maximum atomic E-state index is 12.9. The zero-order chi connectivity index (χ0) is 20.4. The van der Waals surface area contributed by atoms with Crippen molar-refractivity contribution in [2.24, 2.45) is 5.92 Å². The summed E-state index contributed by atoms with van der Waals surface area (Å²) in [6.45, 7) is 5.05. The first-order valence-electron chi connectivity index (χ1n) is 8.62. The van der Waals surface area contributed by atoms with E-state index >= 15 is 0 Å². The molecule has 1 aromatic rings. The highest BCUT2D eigenvalue weighted by molar-refractivity contribution is 5.95.